The van der Waals surface area contributed by atoms with Gasteiger partial charge in [-0.3, -0.25) is 0 Å². The molecule has 2 aromatic rings. The van der Waals surface area contributed by atoms with Crippen molar-refractivity contribution in [2.45, 2.75) is 26.3 Å². The summed E-state index contributed by atoms with van der Waals surface area (Å²) in [4.78, 5) is 0. The average Bonchev–Trinajstić information content (AvgIpc) is 3.01. The zero-order valence-corrected chi connectivity index (χ0v) is 10.5. The minimum absolute atomic E-state index is 0.454. The second-order valence-corrected chi connectivity index (χ2v) is 3.93. The predicted octanol–water partition coefficient (Wildman–Crippen LogP) is 1.82. The summed E-state index contributed by atoms with van der Waals surface area (Å²) in [5.41, 5.74) is 0. The Balaban J connectivity index is 1.69. The molecule has 6 heteroatoms. The molecule has 2 aromatic heterocycles. The van der Waals surface area contributed by atoms with Crippen LogP contribution in [0.5, 0.6) is 0 Å². The topological polar surface area (TPSA) is 76.1 Å². The van der Waals surface area contributed by atoms with Gasteiger partial charge in [0, 0.05) is 13.0 Å². The number of nitrogens with zero attached hydrogens (tertiary/aromatic N) is 2. The fraction of sp³-hybridized carbons (Fsp3) is 0.500. The van der Waals surface area contributed by atoms with E-state index in [1.165, 1.54) is 0 Å². The smallest absolute Gasteiger partial charge is 0.315 e. The molecule has 98 valence electrons. The summed E-state index contributed by atoms with van der Waals surface area (Å²) in [6, 6.07) is 4.27. The van der Waals surface area contributed by atoms with Gasteiger partial charge in [-0.15, -0.1) is 5.10 Å². The van der Waals surface area contributed by atoms with Crippen molar-refractivity contribution in [1.29, 1.82) is 0 Å². The molecule has 0 saturated carbocycles. The van der Waals surface area contributed by atoms with Crippen molar-refractivity contribution >= 4 is 6.01 Å². The molecule has 2 rings (SSSR count). The number of hydrogen-bond acceptors (Lipinski definition) is 6. The van der Waals surface area contributed by atoms with Crippen LogP contribution < -0.4 is 10.6 Å². The summed E-state index contributed by atoms with van der Waals surface area (Å²) in [6.45, 7) is 4.38. The van der Waals surface area contributed by atoms with E-state index in [1.807, 2.05) is 12.1 Å². The fourth-order valence-corrected chi connectivity index (χ4v) is 1.52. The van der Waals surface area contributed by atoms with E-state index < -0.39 is 0 Å². The molecule has 2 heterocycles. The summed E-state index contributed by atoms with van der Waals surface area (Å²) >= 11 is 0. The average molecular weight is 250 g/mol. The Morgan fingerprint density at radius 3 is 3.00 bits per heavy atom. The second kappa shape index (κ2) is 6.80. The van der Waals surface area contributed by atoms with Crippen molar-refractivity contribution in [3.8, 4) is 0 Å². The maximum Gasteiger partial charge on any atom is 0.315 e. The normalized spacial score (nSPS) is 10.7. The van der Waals surface area contributed by atoms with Crippen molar-refractivity contribution in [1.82, 2.24) is 15.5 Å². The van der Waals surface area contributed by atoms with Gasteiger partial charge in [0.15, 0.2) is 0 Å². The van der Waals surface area contributed by atoms with E-state index in [9.17, 15) is 0 Å². The first-order valence-electron chi connectivity index (χ1n) is 6.18. The number of aromatic nitrogens is 2. The third-order valence-corrected chi connectivity index (χ3v) is 2.40. The van der Waals surface area contributed by atoms with Crippen molar-refractivity contribution < 1.29 is 8.83 Å². The van der Waals surface area contributed by atoms with Gasteiger partial charge in [-0.25, -0.2) is 0 Å². The van der Waals surface area contributed by atoms with Crippen LogP contribution in [0.1, 0.15) is 25.0 Å². The Bertz CT molecular complexity index is 439. The highest BCUT2D eigenvalue weighted by atomic mass is 16.4. The highest BCUT2D eigenvalue weighted by Gasteiger charge is 2.04. The summed E-state index contributed by atoms with van der Waals surface area (Å²) in [7, 11) is 0. The SMILES string of the molecule is CCCNCc1nnc(NCCc2ccco2)o1. The van der Waals surface area contributed by atoms with Crippen LogP contribution in [0.4, 0.5) is 6.01 Å². The zero-order chi connectivity index (χ0) is 12.6. The Labute approximate surface area is 106 Å². The molecule has 0 radical (unpaired) electrons. The van der Waals surface area contributed by atoms with Crippen molar-refractivity contribution in [3.05, 3.63) is 30.0 Å². The van der Waals surface area contributed by atoms with Crippen LogP contribution in [-0.4, -0.2) is 23.3 Å². The van der Waals surface area contributed by atoms with E-state index >= 15 is 0 Å². The molecular weight excluding hydrogens is 232 g/mol. The summed E-state index contributed by atoms with van der Waals surface area (Å²) in [5.74, 6) is 1.54. The van der Waals surface area contributed by atoms with Gasteiger partial charge in [0.1, 0.15) is 5.76 Å². The number of hydrogen-bond donors (Lipinski definition) is 2. The van der Waals surface area contributed by atoms with Gasteiger partial charge in [-0.2, -0.15) is 0 Å². The summed E-state index contributed by atoms with van der Waals surface area (Å²) in [5, 5.41) is 14.1. The molecule has 0 unspecified atom stereocenters. The Hall–Kier alpha value is -1.82. The van der Waals surface area contributed by atoms with Crippen LogP contribution in [0.3, 0.4) is 0 Å². The molecular formula is C12H18N4O2. The molecule has 0 fully saturated rings. The molecule has 0 amide bonds. The lowest BCUT2D eigenvalue weighted by Gasteiger charge is -1.99. The van der Waals surface area contributed by atoms with Crippen molar-refractivity contribution in [2.24, 2.45) is 0 Å². The van der Waals surface area contributed by atoms with E-state index in [2.05, 4.69) is 27.8 Å². The van der Waals surface area contributed by atoms with E-state index in [0.717, 1.165) is 25.1 Å². The number of anilines is 1. The number of rotatable bonds is 8. The molecule has 0 bridgehead atoms. The lowest BCUT2D eigenvalue weighted by molar-refractivity contribution is 0.475. The van der Waals surface area contributed by atoms with Gasteiger partial charge >= 0.3 is 6.01 Å². The van der Waals surface area contributed by atoms with E-state index in [-0.39, 0.29) is 0 Å². The standard InChI is InChI=1S/C12H18N4O2/c1-2-6-13-9-11-15-16-12(18-11)14-7-5-10-4-3-8-17-10/h3-4,8,13H,2,5-7,9H2,1H3,(H,14,16). The maximum atomic E-state index is 5.42. The molecule has 0 aliphatic heterocycles. The van der Waals surface area contributed by atoms with Gasteiger partial charge in [-0.1, -0.05) is 12.0 Å². The highest BCUT2D eigenvalue weighted by molar-refractivity contribution is 5.17. The maximum absolute atomic E-state index is 5.42. The first kappa shape index (κ1) is 12.6. The molecule has 0 spiro atoms. The Morgan fingerprint density at radius 1 is 1.28 bits per heavy atom. The van der Waals surface area contributed by atoms with Crippen LogP contribution in [0.25, 0.3) is 0 Å². The third kappa shape index (κ3) is 3.89. The van der Waals surface area contributed by atoms with Crippen LogP contribution in [0, 0.1) is 0 Å². The van der Waals surface area contributed by atoms with Gasteiger partial charge < -0.3 is 19.5 Å². The molecule has 0 saturated heterocycles. The van der Waals surface area contributed by atoms with Crippen LogP contribution in [-0.2, 0) is 13.0 Å². The first-order valence-corrected chi connectivity index (χ1v) is 6.18. The quantitative estimate of drug-likeness (QED) is 0.696. The van der Waals surface area contributed by atoms with Crippen molar-refractivity contribution in [2.75, 3.05) is 18.4 Å². The molecule has 0 atom stereocenters. The van der Waals surface area contributed by atoms with Gasteiger partial charge in [-0.05, 0) is 25.1 Å². The monoisotopic (exact) mass is 250 g/mol. The molecule has 0 aromatic carbocycles. The summed E-state index contributed by atoms with van der Waals surface area (Å²) < 4.78 is 10.6. The van der Waals surface area contributed by atoms with Crippen LogP contribution in [0.2, 0.25) is 0 Å². The largest absolute Gasteiger partial charge is 0.469 e. The Morgan fingerprint density at radius 2 is 2.22 bits per heavy atom. The number of furan rings is 1. The predicted molar refractivity (Wildman–Crippen MR) is 67.2 cm³/mol. The first-order chi connectivity index (χ1) is 8.88. The van der Waals surface area contributed by atoms with E-state index in [4.69, 9.17) is 8.83 Å². The van der Waals surface area contributed by atoms with Gasteiger partial charge in [0.2, 0.25) is 5.89 Å². The molecule has 18 heavy (non-hydrogen) atoms. The fourth-order valence-electron chi connectivity index (χ4n) is 1.52. The highest BCUT2D eigenvalue weighted by Crippen LogP contribution is 2.06. The lowest BCUT2D eigenvalue weighted by atomic mass is 10.3. The van der Waals surface area contributed by atoms with Crippen LogP contribution >= 0.6 is 0 Å². The van der Waals surface area contributed by atoms with E-state index in [1.54, 1.807) is 6.26 Å². The van der Waals surface area contributed by atoms with Gasteiger partial charge in [0.05, 0.1) is 12.8 Å². The summed E-state index contributed by atoms with van der Waals surface area (Å²) in [6.07, 6.45) is 3.54. The third-order valence-electron chi connectivity index (χ3n) is 2.40. The van der Waals surface area contributed by atoms with Crippen LogP contribution in [0.15, 0.2) is 27.2 Å². The Kier molecular flexibility index (Phi) is 4.78. The van der Waals surface area contributed by atoms with Gasteiger partial charge in [0.25, 0.3) is 0 Å². The lowest BCUT2D eigenvalue weighted by Crippen LogP contribution is -2.13. The molecule has 2 N–H and O–H groups in total. The van der Waals surface area contributed by atoms with Crippen molar-refractivity contribution in [3.63, 3.8) is 0 Å². The molecule has 6 nitrogen and oxygen atoms in total. The number of nitrogens with one attached hydrogen (secondary N) is 2. The minimum Gasteiger partial charge on any atom is -0.469 e. The second-order valence-electron chi connectivity index (χ2n) is 3.93. The molecule has 0 aliphatic carbocycles. The zero-order valence-electron chi connectivity index (χ0n) is 10.5. The molecule has 0 aliphatic rings. The minimum atomic E-state index is 0.454. The van der Waals surface area contributed by atoms with E-state index in [0.29, 0.717) is 25.0 Å².